The number of hydrogen-bond acceptors (Lipinski definition) is 3. The molecule has 1 saturated heterocycles. The minimum absolute atomic E-state index is 0.0671. The highest BCUT2D eigenvalue weighted by atomic mass is 16.5. The number of allylic oxidation sites excluding steroid dienone is 2. The van der Waals surface area contributed by atoms with Crippen molar-refractivity contribution in [3.8, 4) is 11.5 Å². The van der Waals surface area contributed by atoms with Crippen LogP contribution >= 0.6 is 0 Å². The van der Waals surface area contributed by atoms with Gasteiger partial charge in [-0.2, -0.15) is 0 Å². The van der Waals surface area contributed by atoms with Gasteiger partial charge in [-0.05, 0) is 72.4 Å². The van der Waals surface area contributed by atoms with E-state index in [2.05, 4.69) is 24.3 Å². The van der Waals surface area contributed by atoms with E-state index >= 15 is 0 Å². The molecular formula is C26H21NO3. The standard InChI is InChI=1S/C26H21NO3/c1-26-19-8-6-18(14-19)23(26)24(28)27(25(26)29)20-9-12-21(13-10-20)30-22-11-7-16-4-2-3-5-17(16)15-22/h2-13,15,18-19,23H,14H2,1H3. The predicted octanol–water partition coefficient (Wildman–Crippen LogP) is 5.33. The van der Waals surface area contributed by atoms with Gasteiger partial charge in [-0.3, -0.25) is 9.59 Å². The fourth-order valence-electron chi connectivity index (χ4n) is 5.58. The number of nitrogens with zero attached hydrogens (tertiary/aromatic N) is 1. The number of carbonyl (C=O) groups is 2. The van der Waals surface area contributed by atoms with Gasteiger partial charge in [0.25, 0.3) is 0 Å². The van der Waals surface area contributed by atoms with Gasteiger partial charge in [0.1, 0.15) is 11.5 Å². The van der Waals surface area contributed by atoms with E-state index in [0.717, 1.165) is 22.9 Å². The van der Waals surface area contributed by atoms with Crippen molar-refractivity contribution in [1.29, 1.82) is 0 Å². The van der Waals surface area contributed by atoms with E-state index in [9.17, 15) is 9.59 Å². The number of hydrogen-bond donors (Lipinski definition) is 0. The third-order valence-electron chi connectivity index (χ3n) is 7.16. The fourth-order valence-corrected chi connectivity index (χ4v) is 5.58. The fraction of sp³-hybridized carbons (Fsp3) is 0.231. The Morgan fingerprint density at radius 1 is 0.900 bits per heavy atom. The molecule has 4 nitrogen and oxygen atoms in total. The van der Waals surface area contributed by atoms with Crippen LogP contribution < -0.4 is 9.64 Å². The molecule has 4 atom stereocenters. The molecule has 0 aromatic heterocycles. The third kappa shape index (κ3) is 2.28. The molecule has 0 radical (unpaired) electrons. The molecule has 148 valence electrons. The Kier molecular flexibility index (Phi) is 3.52. The maximum absolute atomic E-state index is 13.2. The highest BCUT2D eigenvalue weighted by Crippen LogP contribution is 2.60. The number of ether oxygens (including phenoxy) is 1. The van der Waals surface area contributed by atoms with E-state index in [0.29, 0.717) is 11.4 Å². The van der Waals surface area contributed by atoms with Gasteiger partial charge in [0, 0.05) is 0 Å². The molecule has 30 heavy (non-hydrogen) atoms. The van der Waals surface area contributed by atoms with Crippen LogP contribution in [0.5, 0.6) is 11.5 Å². The molecule has 3 aromatic carbocycles. The highest BCUT2D eigenvalue weighted by molar-refractivity contribution is 6.24. The molecule has 3 aliphatic rings. The van der Waals surface area contributed by atoms with Gasteiger partial charge in [-0.15, -0.1) is 0 Å². The van der Waals surface area contributed by atoms with Crippen LogP contribution in [-0.2, 0) is 9.59 Å². The highest BCUT2D eigenvalue weighted by Gasteiger charge is 2.67. The first-order chi connectivity index (χ1) is 14.6. The summed E-state index contributed by atoms with van der Waals surface area (Å²) in [4.78, 5) is 27.8. The lowest BCUT2D eigenvalue weighted by atomic mass is 9.71. The Morgan fingerprint density at radius 2 is 1.63 bits per heavy atom. The van der Waals surface area contributed by atoms with Crippen LogP contribution in [-0.4, -0.2) is 11.8 Å². The largest absolute Gasteiger partial charge is 0.457 e. The first-order valence-electron chi connectivity index (χ1n) is 10.4. The van der Waals surface area contributed by atoms with Crippen LogP contribution in [0.2, 0.25) is 0 Å². The van der Waals surface area contributed by atoms with Crippen molar-refractivity contribution in [3.63, 3.8) is 0 Å². The molecule has 2 aliphatic carbocycles. The van der Waals surface area contributed by atoms with Crippen molar-refractivity contribution in [3.05, 3.63) is 78.9 Å². The Labute approximate surface area is 174 Å². The maximum Gasteiger partial charge on any atom is 0.241 e. The molecule has 0 spiro atoms. The van der Waals surface area contributed by atoms with E-state index in [4.69, 9.17) is 4.74 Å². The van der Waals surface area contributed by atoms with Gasteiger partial charge in [-0.1, -0.05) is 42.5 Å². The van der Waals surface area contributed by atoms with Gasteiger partial charge >= 0.3 is 0 Å². The monoisotopic (exact) mass is 395 g/mol. The quantitative estimate of drug-likeness (QED) is 0.445. The molecule has 4 heteroatoms. The molecule has 1 aliphatic heterocycles. The molecule has 3 aromatic rings. The summed E-state index contributed by atoms with van der Waals surface area (Å²) in [5.74, 6) is 1.41. The summed E-state index contributed by atoms with van der Waals surface area (Å²) in [6, 6.07) is 21.3. The summed E-state index contributed by atoms with van der Waals surface area (Å²) >= 11 is 0. The molecule has 1 saturated carbocycles. The summed E-state index contributed by atoms with van der Waals surface area (Å²) < 4.78 is 6.00. The molecule has 6 rings (SSSR count). The minimum atomic E-state index is -0.600. The summed E-state index contributed by atoms with van der Waals surface area (Å²) in [5.41, 5.74) is 0.0161. The second-order valence-corrected chi connectivity index (χ2v) is 8.74. The Bertz CT molecular complexity index is 1230. The topological polar surface area (TPSA) is 46.6 Å². The third-order valence-corrected chi connectivity index (χ3v) is 7.16. The van der Waals surface area contributed by atoms with Crippen LogP contribution in [0.15, 0.2) is 78.9 Å². The van der Waals surface area contributed by atoms with Crippen molar-refractivity contribution in [2.45, 2.75) is 13.3 Å². The van der Waals surface area contributed by atoms with Gasteiger partial charge < -0.3 is 4.74 Å². The maximum atomic E-state index is 13.2. The van der Waals surface area contributed by atoms with E-state index in [1.165, 1.54) is 4.90 Å². The summed E-state index contributed by atoms with van der Waals surface area (Å²) in [6.45, 7) is 1.96. The summed E-state index contributed by atoms with van der Waals surface area (Å²) in [7, 11) is 0. The van der Waals surface area contributed by atoms with E-state index < -0.39 is 5.41 Å². The molecule has 0 N–H and O–H groups in total. The van der Waals surface area contributed by atoms with E-state index in [-0.39, 0.29) is 29.6 Å². The van der Waals surface area contributed by atoms with E-state index in [1.54, 1.807) is 12.1 Å². The molecule has 2 amide bonds. The summed E-state index contributed by atoms with van der Waals surface area (Å²) in [5, 5.41) is 2.27. The van der Waals surface area contributed by atoms with Crippen LogP contribution in [0.4, 0.5) is 5.69 Å². The van der Waals surface area contributed by atoms with E-state index in [1.807, 2.05) is 49.4 Å². The number of fused-ring (bicyclic) bond motifs is 6. The lowest BCUT2D eigenvalue weighted by molar-refractivity contribution is -0.127. The lowest BCUT2D eigenvalue weighted by Crippen LogP contribution is -2.37. The van der Waals surface area contributed by atoms with Crippen LogP contribution in [0, 0.1) is 23.2 Å². The lowest BCUT2D eigenvalue weighted by Gasteiger charge is -2.28. The van der Waals surface area contributed by atoms with Crippen LogP contribution in [0.3, 0.4) is 0 Å². The second kappa shape index (κ2) is 6.05. The van der Waals surface area contributed by atoms with Crippen molar-refractivity contribution >= 4 is 28.3 Å². The molecular weight excluding hydrogens is 374 g/mol. The van der Waals surface area contributed by atoms with Gasteiger partial charge in [-0.25, -0.2) is 4.90 Å². The number of anilines is 1. The molecule has 1 heterocycles. The van der Waals surface area contributed by atoms with Gasteiger partial charge in [0.05, 0.1) is 17.0 Å². The van der Waals surface area contributed by atoms with Crippen LogP contribution in [0.25, 0.3) is 10.8 Å². The zero-order valence-corrected chi connectivity index (χ0v) is 16.6. The SMILES string of the molecule is CC12C(=O)N(c3ccc(Oc4ccc5ccccc5c4)cc3)C(=O)C1C1C=CC2C1. The Balaban J connectivity index is 1.26. The Morgan fingerprint density at radius 3 is 2.40 bits per heavy atom. The molecule has 2 fully saturated rings. The number of benzene rings is 3. The number of imide groups is 1. The zero-order valence-electron chi connectivity index (χ0n) is 16.6. The van der Waals surface area contributed by atoms with Crippen molar-refractivity contribution in [1.82, 2.24) is 0 Å². The van der Waals surface area contributed by atoms with Crippen molar-refractivity contribution < 1.29 is 14.3 Å². The Hall–Kier alpha value is -3.40. The number of carbonyl (C=O) groups excluding carboxylic acids is 2. The van der Waals surface area contributed by atoms with Crippen LogP contribution in [0.1, 0.15) is 13.3 Å². The minimum Gasteiger partial charge on any atom is -0.457 e. The normalized spacial score (nSPS) is 29.1. The summed E-state index contributed by atoms with van der Waals surface area (Å²) in [6.07, 6.45) is 5.16. The molecule has 2 bridgehead atoms. The average Bonchev–Trinajstić information content (AvgIpc) is 3.40. The first-order valence-corrected chi connectivity index (χ1v) is 10.4. The van der Waals surface area contributed by atoms with Gasteiger partial charge in [0.2, 0.25) is 11.8 Å². The first kappa shape index (κ1) is 17.5. The predicted molar refractivity (Wildman–Crippen MR) is 115 cm³/mol. The average molecular weight is 395 g/mol. The number of amides is 2. The number of rotatable bonds is 3. The van der Waals surface area contributed by atoms with Crippen molar-refractivity contribution in [2.24, 2.45) is 23.2 Å². The van der Waals surface area contributed by atoms with Crippen molar-refractivity contribution in [2.75, 3.05) is 4.90 Å². The smallest absolute Gasteiger partial charge is 0.241 e. The molecule has 4 unspecified atom stereocenters. The second-order valence-electron chi connectivity index (χ2n) is 8.74. The zero-order chi connectivity index (χ0) is 20.5. The van der Waals surface area contributed by atoms with Gasteiger partial charge in [0.15, 0.2) is 0 Å².